The molecule has 0 bridgehead atoms. The Morgan fingerprint density at radius 3 is 2.31 bits per heavy atom. The van der Waals surface area contributed by atoms with Crippen molar-refractivity contribution in [3.8, 4) is 11.6 Å². The minimum Gasteiger partial charge on any atom is -0.439 e. The van der Waals surface area contributed by atoms with Crippen molar-refractivity contribution in [1.29, 1.82) is 0 Å². The van der Waals surface area contributed by atoms with Gasteiger partial charge in [0, 0.05) is 30.4 Å². The van der Waals surface area contributed by atoms with Gasteiger partial charge in [0.05, 0.1) is 17.7 Å². The molecule has 8 heteroatoms. The fourth-order valence-corrected chi connectivity index (χ4v) is 3.89. The molecule has 0 aliphatic carbocycles. The summed E-state index contributed by atoms with van der Waals surface area (Å²) in [6.07, 6.45) is 1.56. The Morgan fingerprint density at radius 2 is 1.61 bits per heavy atom. The fraction of sp³-hybridized carbons (Fsp3) is 0.0714. The zero-order valence-corrected chi connectivity index (χ0v) is 19.0. The molecule has 7 nitrogen and oxygen atoms in total. The van der Waals surface area contributed by atoms with Crippen LogP contribution in [0.4, 0.5) is 4.39 Å². The number of pyridine rings is 1. The number of hydrogen-bond acceptors (Lipinski definition) is 5. The van der Waals surface area contributed by atoms with Crippen molar-refractivity contribution in [3.63, 3.8) is 0 Å². The topological polar surface area (TPSA) is 88.6 Å². The Labute approximate surface area is 206 Å². The summed E-state index contributed by atoms with van der Waals surface area (Å²) in [5.74, 6) is -0.759. The Bertz CT molecular complexity index is 1430. The van der Waals surface area contributed by atoms with Crippen LogP contribution >= 0.6 is 0 Å². The van der Waals surface area contributed by atoms with E-state index in [-0.39, 0.29) is 30.8 Å². The number of hydrogen-bond donors (Lipinski definition) is 1. The minimum absolute atomic E-state index is 0.0736. The lowest BCUT2D eigenvalue weighted by atomic mass is 10.1. The van der Waals surface area contributed by atoms with Gasteiger partial charge in [-0.3, -0.25) is 19.3 Å². The third kappa shape index (κ3) is 4.83. The summed E-state index contributed by atoms with van der Waals surface area (Å²) in [7, 11) is 0. The molecule has 1 aliphatic rings. The monoisotopic (exact) mass is 481 g/mol. The van der Waals surface area contributed by atoms with Crippen molar-refractivity contribution < 1.29 is 23.5 Å². The van der Waals surface area contributed by atoms with Gasteiger partial charge in [0.1, 0.15) is 11.6 Å². The highest BCUT2D eigenvalue weighted by molar-refractivity contribution is 6.21. The van der Waals surface area contributed by atoms with Gasteiger partial charge in [-0.15, -0.1) is 0 Å². The summed E-state index contributed by atoms with van der Waals surface area (Å²) in [6.45, 7) is 0.304. The number of carbonyl (C=O) groups is 3. The van der Waals surface area contributed by atoms with Crippen molar-refractivity contribution in [2.45, 2.75) is 13.1 Å². The molecule has 0 spiro atoms. The molecule has 178 valence electrons. The smallest absolute Gasteiger partial charge is 0.261 e. The number of aromatic nitrogens is 1. The highest BCUT2D eigenvalue weighted by Gasteiger charge is 2.35. The Hall–Kier alpha value is -4.85. The van der Waals surface area contributed by atoms with Crippen LogP contribution in [0.1, 0.15) is 42.2 Å². The van der Waals surface area contributed by atoms with Crippen LogP contribution in [0.2, 0.25) is 0 Å². The van der Waals surface area contributed by atoms with Crippen LogP contribution in [0, 0.1) is 5.82 Å². The lowest BCUT2D eigenvalue weighted by Gasteiger charge is -2.14. The van der Waals surface area contributed by atoms with Crippen molar-refractivity contribution in [2.24, 2.45) is 0 Å². The number of imide groups is 1. The molecule has 5 rings (SSSR count). The first-order valence-corrected chi connectivity index (χ1v) is 11.2. The van der Waals surface area contributed by atoms with E-state index in [4.69, 9.17) is 4.74 Å². The van der Waals surface area contributed by atoms with E-state index < -0.39 is 5.82 Å². The van der Waals surface area contributed by atoms with Gasteiger partial charge < -0.3 is 10.1 Å². The molecule has 0 saturated heterocycles. The molecule has 0 saturated carbocycles. The molecular weight excluding hydrogens is 461 g/mol. The van der Waals surface area contributed by atoms with Crippen molar-refractivity contribution in [3.05, 3.63) is 125 Å². The first-order chi connectivity index (χ1) is 17.5. The van der Waals surface area contributed by atoms with Gasteiger partial charge in [0.25, 0.3) is 17.7 Å². The number of ether oxygens (including phenoxy) is 1. The second-order valence-corrected chi connectivity index (χ2v) is 8.19. The normalized spacial score (nSPS) is 12.4. The van der Waals surface area contributed by atoms with Gasteiger partial charge in [-0.25, -0.2) is 9.37 Å². The highest BCUT2D eigenvalue weighted by atomic mass is 19.1. The Kier molecular flexibility index (Phi) is 6.23. The van der Waals surface area contributed by atoms with E-state index in [1.807, 2.05) is 0 Å². The summed E-state index contributed by atoms with van der Waals surface area (Å²) < 4.78 is 18.8. The van der Waals surface area contributed by atoms with Crippen LogP contribution in [0.5, 0.6) is 11.6 Å². The van der Waals surface area contributed by atoms with E-state index in [1.165, 1.54) is 17.0 Å². The zero-order chi connectivity index (χ0) is 25.1. The molecule has 36 heavy (non-hydrogen) atoms. The van der Waals surface area contributed by atoms with E-state index in [0.717, 1.165) is 5.56 Å². The van der Waals surface area contributed by atoms with Crippen LogP contribution in [0.25, 0.3) is 0 Å². The number of nitrogens with one attached hydrogen (secondary N) is 1. The van der Waals surface area contributed by atoms with E-state index in [9.17, 15) is 18.8 Å². The number of amides is 3. The molecule has 1 aromatic heterocycles. The van der Waals surface area contributed by atoms with E-state index in [0.29, 0.717) is 33.9 Å². The summed E-state index contributed by atoms with van der Waals surface area (Å²) >= 11 is 0. The van der Waals surface area contributed by atoms with Gasteiger partial charge in [0.15, 0.2) is 0 Å². The average molecular weight is 481 g/mol. The zero-order valence-electron chi connectivity index (χ0n) is 19.0. The predicted molar refractivity (Wildman–Crippen MR) is 129 cm³/mol. The lowest BCUT2D eigenvalue weighted by molar-refractivity contribution is 0.0642. The van der Waals surface area contributed by atoms with Crippen LogP contribution in [-0.4, -0.2) is 27.6 Å². The van der Waals surface area contributed by atoms with E-state index in [1.54, 1.807) is 79.0 Å². The maximum absolute atomic E-state index is 13.3. The van der Waals surface area contributed by atoms with E-state index in [2.05, 4.69) is 10.3 Å². The number of rotatable bonds is 7. The third-order valence-electron chi connectivity index (χ3n) is 5.68. The molecule has 3 aromatic carbocycles. The SMILES string of the molecule is O=C(NCc1ccc(Oc2cccc(F)c2)nc1)c1cccc(CN2C(=O)c3ccccc3C2=O)c1. The van der Waals surface area contributed by atoms with Gasteiger partial charge in [-0.2, -0.15) is 0 Å². The Morgan fingerprint density at radius 1 is 0.861 bits per heavy atom. The van der Waals surface area contributed by atoms with Crippen molar-refractivity contribution >= 4 is 17.7 Å². The molecule has 0 radical (unpaired) electrons. The van der Waals surface area contributed by atoms with Crippen LogP contribution in [0.15, 0.2) is 91.1 Å². The maximum atomic E-state index is 13.3. The van der Waals surface area contributed by atoms with Gasteiger partial charge >= 0.3 is 0 Å². The largest absolute Gasteiger partial charge is 0.439 e. The molecule has 1 N–H and O–H groups in total. The quantitative estimate of drug-likeness (QED) is 0.385. The number of fused-ring (bicyclic) bond motifs is 1. The molecule has 1 aliphatic heterocycles. The number of halogens is 1. The van der Waals surface area contributed by atoms with Crippen LogP contribution in [0.3, 0.4) is 0 Å². The minimum atomic E-state index is -0.403. The second-order valence-electron chi connectivity index (χ2n) is 8.19. The summed E-state index contributed by atoms with van der Waals surface area (Å²) in [5.41, 5.74) is 2.59. The maximum Gasteiger partial charge on any atom is 0.261 e. The van der Waals surface area contributed by atoms with Gasteiger partial charge in [0.2, 0.25) is 5.88 Å². The molecule has 4 aromatic rings. The molecule has 0 fully saturated rings. The molecule has 3 amide bonds. The summed E-state index contributed by atoms with van der Waals surface area (Å²) in [5, 5.41) is 2.83. The molecular formula is C28H20FN3O4. The number of benzene rings is 3. The molecule has 0 unspecified atom stereocenters. The fourth-order valence-electron chi connectivity index (χ4n) is 3.89. The van der Waals surface area contributed by atoms with Crippen molar-refractivity contribution in [1.82, 2.24) is 15.2 Å². The molecule has 0 atom stereocenters. The standard InChI is InChI=1S/C28H20FN3O4/c29-21-7-4-8-22(14-21)36-25-12-11-19(15-30-25)16-31-26(33)20-6-3-5-18(13-20)17-32-27(34)23-9-1-2-10-24(23)28(32)35/h1-15H,16-17H2,(H,31,33). The van der Waals surface area contributed by atoms with Gasteiger partial charge in [-0.05, 0) is 47.5 Å². The van der Waals surface area contributed by atoms with Gasteiger partial charge in [-0.1, -0.05) is 36.4 Å². The molecule has 2 heterocycles. The van der Waals surface area contributed by atoms with Crippen molar-refractivity contribution in [2.75, 3.05) is 0 Å². The summed E-state index contributed by atoms with van der Waals surface area (Å²) in [6, 6.07) is 22.7. The van der Waals surface area contributed by atoms with Crippen LogP contribution < -0.4 is 10.1 Å². The second kappa shape index (κ2) is 9.79. The highest BCUT2D eigenvalue weighted by Crippen LogP contribution is 2.24. The van der Waals surface area contributed by atoms with E-state index >= 15 is 0 Å². The summed E-state index contributed by atoms with van der Waals surface area (Å²) in [4.78, 5) is 43.3. The predicted octanol–water partition coefficient (Wildman–Crippen LogP) is 4.74. The first kappa shape index (κ1) is 22.9. The number of nitrogens with zero attached hydrogens (tertiary/aromatic N) is 2. The average Bonchev–Trinajstić information content (AvgIpc) is 3.13. The lowest BCUT2D eigenvalue weighted by Crippen LogP contribution is -2.29. The van der Waals surface area contributed by atoms with Crippen LogP contribution in [-0.2, 0) is 13.1 Å². The Balaban J connectivity index is 1.19. The third-order valence-corrected chi connectivity index (χ3v) is 5.68. The first-order valence-electron chi connectivity index (χ1n) is 11.2. The number of carbonyl (C=O) groups excluding carboxylic acids is 3.